The van der Waals surface area contributed by atoms with E-state index in [0.717, 1.165) is 5.56 Å². The van der Waals surface area contributed by atoms with E-state index < -0.39 is 12.2 Å². The molecule has 0 aliphatic heterocycles. The summed E-state index contributed by atoms with van der Waals surface area (Å²) in [7, 11) is 0. The summed E-state index contributed by atoms with van der Waals surface area (Å²) in [5, 5.41) is 10.1. The van der Waals surface area contributed by atoms with Gasteiger partial charge in [-0.15, -0.1) is 0 Å². The van der Waals surface area contributed by atoms with Crippen LogP contribution in [0.1, 0.15) is 5.56 Å². The Morgan fingerprint density at radius 1 is 1.00 bits per heavy atom. The van der Waals surface area contributed by atoms with E-state index in [1.54, 1.807) is 6.08 Å². The first-order chi connectivity index (χ1) is 10.3. The highest BCUT2D eigenvalue weighted by Gasteiger charge is 2.18. The van der Waals surface area contributed by atoms with E-state index in [1.807, 2.05) is 60.7 Å². The lowest BCUT2D eigenvalue weighted by Crippen LogP contribution is -2.33. The fraction of sp³-hybridized carbons (Fsp3) is 0.222. The summed E-state index contributed by atoms with van der Waals surface area (Å²) >= 11 is 0. The van der Waals surface area contributed by atoms with Gasteiger partial charge in [-0.05, 0) is 23.8 Å². The zero-order valence-electron chi connectivity index (χ0n) is 11.9. The second kappa shape index (κ2) is 8.25. The first kappa shape index (κ1) is 15.3. The topological polar surface area (TPSA) is 38.7 Å². The molecule has 3 nitrogen and oxygen atoms in total. The molecule has 2 aromatic carbocycles. The van der Waals surface area contributed by atoms with Gasteiger partial charge in [0.15, 0.2) is 0 Å². The van der Waals surface area contributed by atoms with Crippen LogP contribution in [0.5, 0.6) is 5.75 Å². The highest BCUT2D eigenvalue weighted by molar-refractivity contribution is 5.22. The van der Waals surface area contributed by atoms with Crippen LogP contribution in [0.3, 0.4) is 0 Å². The summed E-state index contributed by atoms with van der Waals surface area (Å²) in [5.41, 5.74) is 1.07. The zero-order valence-corrected chi connectivity index (χ0v) is 11.9. The van der Waals surface area contributed by atoms with Crippen molar-refractivity contribution >= 4 is 0 Å². The molecule has 0 radical (unpaired) electrons. The Bertz CT molecular complexity index is 525. The minimum Gasteiger partial charge on any atom is -0.484 e. The molecule has 2 aromatic rings. The number of para-hydroxylation sites is 1. The van der Waals surface area contributed by atoms with E-state index in [4.69, 9.17) is 9.47 Å². The Labute approximate surface area is 125 Å². The monoisotopic (exact) mass is 284 g/mol. The normalized spacial score (nSPS) is 13.4. The second-order valence-electron chi connectivity index (χ2n) is 4.70. The Hall–Kier alpha value is -2.10. The maximum atomic E-state index is 10.1. The molecule has 0 bridgehead atoms. The summed E-state index contributed by atoms with van der Waals surface area (Å²) < 4.78 is 11.2. The fourth-order valence-electron chi connectivity index (χ4n) is 1.91. The zero-order chi connectivity index (χ0) is 14.9. The SMILES string of the molecule is C=C[C@@H](Oc1ccccc1)[C@H](O)COCc1ccccc1. The largest absolute Gasteiger partial charge is 0.484 e. The molecule has 0 unspecified atom stereocenters. The molecular formula is C18H20O3. The van der Waals surface area contributed by atoms with Gasteiger partial charge < -0.3 is 14.6 Å². The number of rotatable bonds is 8. The standard InChI is InChI=1S/C18H20O3/c1-2-18(21-16-11-7-4-8-12-16)17(19)14-20-13-15-9-5-3-6-10-15/h2-12,17-19H,1,13-14H2/t17-,18-/m1/s1. The lowest BCUT2D eigenvalue weighted by molar-refractivity contribution is -0.0166. The van der Waals surface area contributed by atoms with Crippen LogP contribution in [0.15, 0.2) is 73.3 Å². The Morgan fingerprint density at radius 3 is 2.24 bits per heavy atom. The molecule has 0 saturated heterocycles. The van der Waals surface area contributed by atoms with Gasteiger partial charge in [-0.3, -0.25) is 0 Å². The third kappa shape index (κ3) is 5.06. The molecule has 21 heavy (non-hydrogen) atoms. The molecule has 2 atom stereocenters. The van der Waals surface area contributed by atoms with E-state index in [-0.39, 0.29) is 6.61 Å². The second-order valence-corrected chi connectivity index (χ2v) is 4.70. The molecular weight excluding hydrogens is 264 g/mol. The van der Waals surface area contributed by atoms with Gasteiger partial charge in [-0.1, -0.05) is 55.1 Å². The molecule has 110 valence electrons. The van der Waals surface area contributed by atoms with Crippen LogP contribution in [-0.4, -0.2) is 23.9 Å². The Balaban J connectivity index is 1.80. The average molecular weight is 284 g/mol. The van der Waals surface area contributed by atoms with Crippen LogP contribution in [0.2, 0.25) is 0 Å². The van der Waals surface area contributed by atoms with Crippen molar-refractivity contribution in [2.75, 3.05) is 6.61 Å². The Kier molecular flexibility index (Phi) is 6.00. The molecule has 0 aliphatic carbocycles. The quantitative estimate of drug-likeness (QED) is 0.757. The third-order valence-electron chi connectivity index (χ3n) is 3.03. The molecule has 0 aromatic heterocycles. The number of hydrogen-bond donors (Lipinski definition) is 1. The van der Waals surface area contributed by atoms with E-state index in [2.05, 4.69) is 6.58 Å². The average Bonchev–Trinajstić information content (AvgIpc) is 2.54. The van der Waals surface area contributed by atoms with E-state index >= 15 is 0 Å². The van der Waals surface area contributed by atoms with Crippen molar-refractivity contribution in [2.45, 2.75) is 18.8 Å². The third-order valence-corrected chi connectivity index (χ3v) is 3.03. The maximum absolute atomic E-state index is 10.1. The molecule has 0 heterocycles. The van der Waals surface area contributed by atoms with Crippen molar-refractivity contribution in [3.8, 4) is 5.75 Å². The van der Waals surface area contributed by atoms with Crippen LogP contribution in [0.4, 0.5) is 0 Å². The Morgan fingerprint density at radius 2 is 1.62 bits per heavy atom. The molecule has 0 amide bonds. The summed E-state index contributed by atoms with van der Waals surface area (Å²) in [6.45, 7) is 4.36. The molecule has 1 N–H and O–H groups in total. The van der Waals surface area contributed by atoms with Gasteiger partial charge in [0, 0.05) is 0 Å². The first-order valence-electron chi connectivity index (χ1n) is 6.93. The number of aliphatic hydroxyl groups excluding tert-OH is 1. The highest BCUT2D eigenvalue weighted by Crippen LogP contribution is 2.14. The number of aliphatic hydroxyl groups is 1. The van der Waals surface area contributed by atoms with E-state index in [9.17, 15) is 5.11 Å². The van der Waals surface area contributed by atoms with Crippen molar-refractivity contribution in [3.05, 3.63) is 78.9 Å². The van der Waals surface area contributed by atoms with Crippen LogP contribution in [0.25, 0.3) is 0 Å². The lowest BCUT2D eigenvalue weighted by Gasteiger charge is -2.21. The number of hydrogen-bond acceptors (Lipinski definition) is 3. The minimum absolute atomic E-state index is 0.193. The van der Waals surface area contributed by atoms with Crippen LogP contribution in [-0.2, 0) is 11.3 Å². The van der Waals surface area contributed by atoms with Gasteiger partial charge in [-0.25, -0.2) is 0 Å². The van der Waals surface area contributed by atoms with Crippen molar-refractivity contribution in [1.82, 2.24) is 0 Å². The van der Waals surface area contributed by atoms with E-state index in [0.29, 0.717) is 12.4 Å². The predicted molar refractivity (Wildman–Crippen MR) is 83.2 cm³/mol. The van der Waals surface area contributed by atoms with Crippen molar-refractivity contribution in [2.24, 2.45) is 0 Å². The van der Waals surface area contributed by atoms with Gasteiger partial charge in [-0.2, -0.15) is 0 Å². The summed E-state index contributed by atoms with van der Waals surface area (Å²) in [6.07, 6.45) is 0.332. The van der Waals surface area contributed by atoms with Crippen molar-refractivity contribution < 1.29 is 14.6 Å². The van der Waals surface area contributed by atoms with Gasteiger partial charge >= 0.3 is 0 Å². The molecule has 0 saturated carbocycles. The molecule has 2 rings (SSSR count). The predicted octanol–water partition coefficient (Wildman–Crippen LogP) is 3.20. The first-order valence-corrected chi connectivity index (χ1v) is 6.93. The van der Waals surface area contributed by atoms with Gasteiger partial charge in [0.05, 0.1) is 13.2 Å². The van der Waals surface area contributed by atoms with Crippen LogP contribution < -0.4 is 4.74 Å². The highest BCUT2D eigenvalue weighted by atomic mass is 16.5. The molecule has 3 heteroatoms. The molecule has 0 spiro atoms. The number of ether oxygens (including phenoxy) is 2. The van der Waals surface area contributed by atoms with Crippen LogP contribution >= 0.6 is 0 Å². The van der Waals surface area contributed by atoms with Gasteiger partial charge in [0.25, 0.3) is 0 Å². The van der Waals surface area contributed by atoms with Crippen molar-refractivity contribution in [1.29, 1.82) is 0 Å². The van der Waals surface area contributed by atoms with Gasteiger partial charge in [0.1, 0.15) is 18.0 Å². The maximum Gasteiger partial charge on any atom is 0.145 e. The molecule has 0 fully saturated rings. The smallest absolute Gasteiger partial charge is 0.145 e. The minimum atomic E-state index is -0.758. The number of benzene rings is 2. The summed E-state index contributed by atoms with van der Waals surface area (Å²) in [6, 6.07) is 19.2. The van der Waals surface area contributed by atoms with Crippen LogP contribution in [0, 0.1) is 0 Å². The summed E-state index contributed by atoms with van der Waals surface area (Å²) in [5.74, 6) is 0.699. The molecule has 0 aliphatic rings. The fourth-order valence-corrected chi connectivity index (χ4v) is 1.91. The van der Waals surface area contributed by atoms with Gasteiger partial charge in [0.2, 0.25) is 0 Å². The lowest BCUT2D eigenvalue weighted by atomic mass is 10.2. The van der Waals surface area contributed by atoms with E-state index in [1.165, 1.54) is 0 Å². The summed E-state index contributed by atoms with van der Waals surface area (Å²) in [4.78, 5) is 0. The van der Waals surface area contributed by atoms with Crippen molar-refractivity contribution in [3.63, 3.8) is 0 Å².